The zero-order chi connectivity index (χ0) is 23.7. The van der Waals surface area contributed by atoms with Gasteiger partial charge in [-0.05, 0) is 22.9 Å². The van der Waals surface area contributed by atoms with Crippen LogP contribution in [0.4, 0.5) is 0 Å². The number of aliphatic hydroxyl groups is 7. The van der Waals surface area contributed by atoms with Gasteiger partial charge in [-0.2, -0.15) is 0 Å². The first-order valence-corrected chi connectivity index (χ1v) is 11.5. The minimum Gasteiger partial charge on any atom is -0.394 e. The molecule has 2 aromatic carbocycles. The molecule has 0 unspecified atom stereocenters. The van der Waals surface area contributed by atoms with Gasteiger partial charge in [-0.1, -0.05) is 42.1 Å². The van der Waals surface area contributed by atoms with E-state index < -0.39 is 73.8 Å². The Morgan fingerprint density at radius 1 is 0.727 bits per heavy atom. The van der Waals surface area contributed by atoms with Gasteiger partial charge in [-0.3, -0.25) is 0 Å². The minimum absolute atomic E-state index is 0.569. The van der Waals surface area contributed by atoms with Crippen LogP contribution >= 0.6 is 11.8 Å². The van der Waals surface area contributed by atoms with E-state index in [2.05, 4.69) is 0 Å². The van der Waals surface area contributed by atoms with Gasteiger partial charge in [-0.25, -0.2) is 0 Å². The highest BCUT2D eigenvalue weighted by atomic mass is 32.2. The van der Waals surface area contributed by atoms with E-state index in [9.17, 15) is 35.7 Å². The molecule has 0 radical (unpaired) electrons. The summed E-state index contributed by atoms with van der Waals surface area (Å²) >= 11 is 1.18. The summed E-state index contributed by atoms with van der Waals surface area (Å²) in [4.78, 5) is 0.787. The molecule has 2 saturated heterocycles. The van der Waals surface area contributed by atoms with Gasteiger partial charge in [0.1, 0.15) is 54.3 Å². The van der Waals surface area contributed by atoms with Crippen LogP contribution < -0.4 is 0 Å². The van der Waals surface area contributed by atoms with E-state index in [-0.39, 0.29) is 0 Å². The normalized spacial score (nSPS) is 39.6. The Morgan fingerprint density at radius 3 is 2.12 bits per heavy atom. The third kappa shape index (κ3) is 5.04. The zero-order valence-electron chi connectivity index (χ0n) is 17.5. The molecule has 2 heterocycles. The Kier molecular flexibility index (Phi) is 7.88. The van der Waals surface area contributed by atoms with Crippen molar-refractivity contribution in [2.45, 2.75) is 65.5 Å². The summed E-state index contributed by atoms with van der Waals surface area (Å²) < 4.78 is 16.7. The Bertz CT molecular complexity index is 927. The fourth-order valence-corrected chi connectivity index (χ4v) is 5.14. The molecule has 2 aromatic rings. The maximum Gasteiger partial charge on any atom is 0.187 e. The van der Waals surface area contributed by atoms with Crippen LogP contribution in [0.5, 0.6) is 0 Å². The Labute approximate surface area is 194 Å². The van der Waals surface area contributed by atoms with Crippen molar-refractivity contribution in [3.05, 3.63) is 42.5 Å². The lowest BCUT2D eigenvalue weighted by Crippen LogP contribution is -2.64. The Balaban J connectivity index is 1.47. The van der Waals surface area contributed by atoms with Gasteiger partial charge in [0.25, 0.3) is 0 Å². The van der Waals surface area contributed by atoms with Crippen LogP contribution in [-0.2, 0) is 14.2 Å². The van der Waals surface area contributed by atoms with E-state index >= 15 is 0 Å². The highest BCUT2D eigenvalue weighted by molar-refractivity contribution is 7.99. The second-order valence-electron chi connectivity index (χ2n) is 8.13. The van der Waals surface area contributed by atoms with Gasteiger partial charge in [0.15, 0.2) is 6.29 Å². The highest BCUT2D eigenvalue weighted by Crippen LogP contribution is 2.36. The van der Waals surface area contributed by atoms with Crippen molar-refractivity contribution in [2.24, 2.45) is 0 Å². The van der Waals surface area contributed by atoms with Crippen LogP contribution in [0.3, 0.4) is 0 Å². The Hall–Kier alpha value is -1.35. The number of ether oxygens (including phenoxy) is 3. The molecule has 7 N–H and O–H groups in total. The molecular formula is C22H28O10S. The molecular weight excluding hydrogens is 456 g/mol. The fraction of sp³-hybridized carbons (Fsp3) is 0.545. The average Bonchev–Trinajstić information content (AvgIpc) is 2.83. The summed E-state index contributed by atoms with van der Waals surface area (Å²) in [6.45, 7) is -1.22. The summed E-state index contributed by atoms with van der Waals surface area (Å²) in [7, 11) is 0. The zero-order valence-corrected chi connectivity index (χ0v) is 18.3. The molecule has 2 aliphatic heterocycles. The first kappa shape index (κ1) is 24.8. The number of benzene rings is 2. The maximum atomic E-state index is 10.7. The molecule has 0 saturated carbocycles. The topological polar surface area (TPSA) is 169 Å². The van der Waals surface area contributed by atoms with Crippen molar-refractivity contribution in [3.8, 4) is 0 Å². The van der Waals surface area contributed by atoms with Crippen molar-refractivity contribution >= 4 is 22.5 Å². The van der Waals surface area contributed by atoms with Gasteiger partial charge in [0, 0.05) is 4.90 Å². The summed E-state index contributed by atoms with van der Waals surface area (Å²) in [5.41, 5.74) is -0.923. The van der Waals surface area contributed by atoms with Gasteiger partial charge >= 0.3 is 0 Å². The molecule has 33 heavy (non-hydrogen) atoms. The molecule has 10 nitrogen and oxygen atoms in total. The molecule has 4 rings (SSSR count). The summed E-state index contributed by atoms with van der Waals surface area (Å²) in [5, 5.41) is 72.7. The molecule has 0 amide bonds. The molecule has 0 aromatic heterocycles. The van der Waals surface area contributed by atoms with Crippen molar-refractivity contribution < 1.29 is 50.0 Å². The number of fused-ring (bicyclic) bond motifs is 1. The largest absolute Gasteiger partial charge is 0.394 e. The third-order valence-corrected chi connectivity index (χ3v) is 7.08. The molecule has 0 spiro atoms. The quantitative estimate of drug-likeness (QED) is 0.256. The molecule has 10 atom stereocenters. The highest BCUT2D eigenvalue weighted by Gasteiger charge is 2.50. The first-order chi connectivity index (χ1) is 15.8. The minimum atomic E-state index is -1.70. The lowest BCUT2D eigenvalue weighted by atomic mass is 9.97. The monoisotopic (exact) mass is 484 g/mol. The SMILES string of the molecule is OC[C@H]1O[C@@H](O[C@H]2[C@H](O)[C@@H](O)[C@H](Sc3ccc4ccccc4c3)O[C@@H]2CO)[C@H](O)[C@@H](O)[C@H]1O. The lowest BCUT2D eigenvalue weighted by molar-refractivity contribution is -0.338. The average molecular weight is 485 g/mol. The maximum absolute atomic E-state index is 10.7. The van der Waals surface area contributed by atoms with Crippen molar-refractivity contribution in [1.82, 2.24) is 0 Å². The number of hydrogen-bond acceptors (Lipinski definition) is 11. The van der Waals surface area contributed by atoms with Gasteiger partial charge in [0.05, 0.1) is 13.2 Å². The van der Waals surface area contributed by atoms with Gasteiger partial charge < -0.3 is 50.0 Å². The van der Waals surface area contributed by atoms with Crippen LogP contribution in [0.25, 0.3) is 10.8 Å². The van der Waals surface area contributed by atoms with Gasteiger partial charge in [-0.15, -0.1) is 0 Å². The third-order valence-electron chi connectivity index (χ3n) is 5.93. The number of rotatable bonds is 6. The van der Waals surface area contributed by atoms with Crippen LogP contribution in [-0.4, -0.2) is 110 Å². The molecule has 0 bridgehead atoms. The predicted octanol–water partition coefficient (Wildman–Crippen LogP) is -1.44. The molecule has 182 valence electrons. The first-order valence-electron chi connectivity index (χ1n) is 10.6. The molecule has 11 heteroatoms. The second kappa shape index (κ2) is 10.5. The van der Waals surface area contributed by atoms with E-state index in [4.69, 9.17) is 14.2 Å². The van der Waals surface area contributed by atoms with E-state index in [1.165, 1.54) is 11.8 Å². The second-order valence-corrected chi connectivity index (χ2v) is 9.30. The van der Waals surface area contributed by atoms with E-state index in [0.29, 0.717) is 0 Å². The van der Waals surface area contributed by atoms with Crippen LogP contribution in [0.15, 0.2) is 47.4 Å². The number of thioether (sulfide) groups is 1. The summed E-state index contributed by atoms with van der Waals surface area (Å²) in [5.74, 6) is 0. The van der Waals surface area contributed by atoms with E-state index in [0.717, 1.165) is 15.7 Å². The van der Waals surface area contributed by atoms with E-state index in [1.807, 2.05) is 42.5 Å². The summed E-state index contributed by atoms with van der Waals surface area (Å²) in [6.07, 6.45) is -13.0. The standard InChI is InChI=1S/C22H28O10S/c23-8-13-15(25)16(26)18(28)21(30-13)32-20-14(9-24)31-22(19(29)17(20)27)33-12-6-5-10-3-1-2-4-11(10)7-12/h1-7,13-29H,8-9H2/t13-,14-,15+,16+,17-,18-,19-,20-,21+,22+/m1/s1. The summed E-state index contributed by atoms with van der Waals surface area (Å²) in [6, 6.07) is 13.5. The van der Waals surface area contributed by atoms with Crippen LogP contribution in [0.1, 0.15) is 0 Å². The van der Waals surface area contributed by atoms with Gasteiger partial charge in [0.2, 0.25) is 0 Å². The van der Waals surface area contributed by atoms with Crippen molar-refractivity contribution in [3.63, 3.8) is 0 Å². The smallest absolute Gasteiger partial charge is 0.187 e. The van der Waals surface area contributed by atoms with Crippen molar-refractivity contribution in [1.29, 1.82) is 0 Å². The van der Waals surface area contributed by atoms with Crippen LogP contribution in [0.2, 0.25) is 0 Å². The van der Waals surface area contributed by atoms with E-state index in [1.54, 1.807) is 0 Å². The Morgan fingerprint density at radius 2 is 1.42 bits per heavy atom. The van der Waals surface area contributed by atoms with Crippen LogP contribution in [0, 0.1) is 0 Å². The number of hydrogen-bond donors (Lipinski definition) is 7. The number of aliphatic hydroxyl groups excluding tert-OH is 7. The molecule has 2 aliphatic rings. The molecule has 0 aliphatic carbocycles. The fourth-order valence-electron chi connectivity index (χ4n) is 4.03. The molecule has 2 fully saturated rings. The van der Waals surface area contributed by atoms with Crippen molar-refractivity contribution in [2.75, 3.05) is 13.2 Å². The lowest BCUT2D eigenvalue weighted by Gasteiger charge is -2.46. The predicted molar refractivity (Wildman–Crippen MR) is 116 cm³/mol.